The van der Waals surface area contributed by atoms with Gasteiger partial charge in [0.05, 0.1) is 10.4 Å². The fourth-order valence-corrected chi connectivity index (χ4v) is 3.08. The summed E-state index contributed by atoms with van der Waals surface area (Å²) in [6, 6.07) is 3.62. The summed E-state index contributed by atoms with van der Waals surface area (Å²) in [6.45, 7) is 1.97. The van der Waals surface area contributed by atoms with E-state index in [0.29, 0.717) is 16.8 Å². The molecule has 1 aromatic heterocycles. The van der Waals surface area contributed by atoms with Gasteiger partial charge in [0.15, 0.2) is 5.96 Å². The van der Waals surface area contributed by atoms with Gasteiger partial charge in [0.1, 0.15) is 6.10 Å². The van der Waals surface area contributed by atoms with E-state index in [9.17, 15) is 5.11 Å². The maximum absolute atomic E-state index is 10.0. The Morgan fingerprint density at radius 3 is 2.95 bits per heavy atom. The van der Waals surface area contributed by atoms with Crippen LogP contribution in [0.15, 0.2) is 17.1 Å². The number of nitrogens with one attached hydrogen (secondary N) is 2. The van der Waals surface area contributed by atoms with Gasteiger partial charge in [0, 0.05) is 31.6 Å². The van der Waals surface area contributed by atoms with E-state index in [1.807, 2.05) is 6.07 Å². The molecular formula is C13H21ClIN3O2S. The zero-order valence-corrected chi connectivity index (χ0v) is 15.7. The zero-order valence-electron chi connectivity index (χ0n) is 11.8. The second kappa shape index (κ2) is 9.83. The molecule has 1 aliphatic heterocycles. The molecule has 0 aliphatic carbocycles. The van der Waals surface area contributed by atoms with Crippen LogP contribution in [-0.2, 0) is 4.74 Å². The second-order valence-electron chi connectivity index (χ2n) is 4.63. The van der Waals surface area contributed by atoms with E-state index in [-0.39, 0.29) is 30.1 Å². The number of thiophene rings is 1. The number of hydrogen-bond acceptors (Lipinski definition) is 4. The van der Waals surface area contributed by atoms with E-state index in [4.69, 9.17) is 16.3 Å². The van der Waals surface area contributed by atoms with Crippen LogP contribution in [0.3, 0.4) is 0 Å². The van der Waals surface area contributed by atoms with Gasteiger partial charge >= 0.3 is 0 Å². The molecule has 1 saturated heterocycles. The summed E-state index contributed by atoms with van der Waals surface area (Å²) >= 11 is 7.24. The van der Waals surface area contributed by atoms with Crippen LogP contribution in [0, 0.1) is 0 Å². The first-order valence-electron chi connectivity index (χ1n) is 6.68. The van der Waals surface area contributed by atoms with Gasteiger partial charge in [0.25, 0.3) is 0 Å². The monoisotopic (exact) mass is 445 g/mol. The Hall–Kier alpha value is -0.0900. The number of halogens is 2. The highest BCUT2D eigenvalue weighted by atomic mass is 127. The maximum atomic E-state index is 10.0. The average Bonchev–Trinajstić information content (AvgIpc) is 3.10. The van der Waals surface area contributed by atoms with E-state index in [1.54, 1.807) is 13.1 Å². The quantitative estimate of drug-likeness (QED) is 0.370. The minimum Gasteiger partial charge on any atom is -0.386 e. The van der Waals surface area contributed by atoms with Gasteiger partial charge in [-0.05, 0) is 25.0 Å². The first-order chi connectivity index (χ1) is 9.69. The Bertz CT molecular complexity index is 452. The van der Waals surface area contributed by atoms with Crippen LogP contribution >= 0.6 is 46.9 Å². The Labute approximate surface area is 151 Å². The molecule has 0 radical (unpaired) electrons. The molecule has 5 nitrogen and oxygen atoms in total. The van der Waals surface area contributed by atoms with Crippen molar-refractivity contribution in [2.24, 2.45) is 4.99 Å². The fraction of sp³-hybridized carbons (Fsp3) is 0.615. The van der Waals surface area contributed by atoms with Gasteiger partial charge in [-0.15, -0.1) is 35.3 Å². The molecule has 2 atom stereocenters. The summed E-state index contributed by atoms with van der Waals surface area (Å²) in [6.07, 6.45) is 1.87. The van der Waals surface area contributed by atoms with Crippen molar-refractivity contribution in [3.8, 4) is 0 Å². The summed E-state index contributed by atoms with van der Waals surface area (Å²) in [5.41, 5.74) is 0. The number of hydrogen-bond donors (Lipinski definition) is 3. The third-order valence-electron chi connectivity index (χ3n) is 3.13. The van der Waals surface area contributed by atoms with E-state index in [0.717, 1.165) is 30.9 Å². The number of guanidine groups is 1. The number of ether oxygens (including phenoxy) is 1. The lowest BCUT2D eigenvalue weighted by Gasteiger charge is -2.16. The summed E-state index contributed by atoms with van der Waals surface area (Å²) in [7, 11) is 1.71. The molecule has 2 rings (SSSR count). The van der Waals surface area contributed by atoms with Gasteiger partial charge < -0.3 is 20.5 Å². The lowest BCUT2D eigenvalue weighted by molar-refractivity contribution is 0.113. The van der Waals surface area contributed by atoms with Gasteiger partial charge in [-0.25, -0.2) is 0 Å². The molecule has 1 aromatic rings. The predicted molar refractivity (Wildman–Crippen MR) is 98.0 cm³/mol. The third kappa shape index (κ3) is 6.27. The summed E-state index contributed by atoms with van der Waals surface area (Å²) in [5, 5.41) is 16.3. The van der Waals surface area contributed by atoms with Gasteiger partial charge in [-0.2, -0.15) is 0 Å². The van der Waals surface area contributed by atoms with Crippen LogP contribution in [0.25, 0.3) is 0 Å². The van der Waals surface area contributed by atoms with Crippen LogP contribution in [0.5, 0.6) is 0 Å². The highest BCUT2D eigenvalue weighted by Crippen LogP contribution is 2.26. The highest BCUT2D eigenvalue weighted by Gasteiger charge is 2.16. The largest absolute Gasteiger partial charge is 0.386 e. The minimum absolute atomic E-state index is 0. The van der Waals surface area contributed by atoms with Crippen molar-refractivity contribution >= 4 is 52.9 Å². The van der Waals surface area contributed by atoms with Crippen LogP contribution < -0.4 is 10.6 Å². The Morgan fingerprint density at radius 1 is 1.57 bits per heavy atom. The number of aliphatic imine (C=N–C) groups is 1. The fourth-order valence-electron chi connectivity index (χ4n) is 2.04. The Kier molecular flexibility index (Phi) is 8.88. The molecule has 2 heterocycles. The van der Waals surface area contributed by atoms with Crippen LogP contribution in [0.1, 0.15) is 23.8 Å². The number of rotatable bonds is 5. The summed E-state index contributed by atoms with van der Waals surface area (Å²) in [4.78, 5) is 4.97. The first-order valence-corrected chi connectivity index (χ1v) is 7.88. The standard InChI is InChI=1S/C13H20ClN3O2S.HI/c1-15-13(16-7-9-3-2-6-19-9)17-8-10(18)11-4-5-12(14)20-11;/h4-5,9-10,18H,2-3,6-8H2,1H3,(H2,15,16,17);1H. The number of aliphatic hydroxyl groups excluding tert-OH is 1. The van der Waals surface area contributed by atoms with Crippen molar-refractivity contribution in [2.45, 2.75) is 25.0 Å². The minimum atomic E-state index is -0.589. The first kappa shape index (κ1) is 19.0. The van der Waals surface area contributed by atoms with Crippen LogP contribution in [0.2, 0.25) is 4.34 Å². The smallest absolute Gasteiger partial charge is 0.191 e. The molecule has 3 N–H and O–H groups in total. The summed E-state index contributed by atoms with van der Waals surface area (Å²) < 4.78 is 6.22. The molecule has 1 aliphatic rings. The van der Waals surface area contributed by atoms with Crippen LogP contribution in [-0.4, -0.2) is 43.9 Å². The van der Waals surface area contributed by atoms with E-state index >= 15 is 0 Å². The molecule has 0 bridgehead atoms. The Balaban J connectivity index is 0.00000220. The molecule has 0 amide bonds. The molecule has 2 unspecified atom stereocenters. The van der Waals surface area contributed by atoms with Crippen LogP contribution in [0.4, 0.5) is 0 Å². The van der Waals surface area contributed by atoms with Crippen molar-refractivity contribution in [2.75, 3.05) is 26.7 Å². The number of aliphatic hydroxyl groups is 1. The van der Waals surface area contributed by atoms with Gasteiger partial charge in [-0.3, -0.25) is 4.99 Å². The maximum Gasteiger partial charge on any atom is 0.191 e. The van der Waals surface area contributed by atoms with Gasteiger partial charge in [-0.1, -0.05) is 11.6 Å². The molecule has 21 heavy (non-hydrogen) atoms. The lowest BCUT2D eigenvalue weighted by atomic mass is 10.2. The van der Waals surface area contributed by atoms with Crippen molar-refractivity contribution in [1.29, 1.82) is 0 Å². The van der Waals surface area contributed by atoms with E-state index in [1.165, 1.54) is 11.3 Å². The molecule has 1 fully saturated rings. The van der Waals surface area contributed by atoms with E-state index < -0.39 is 6.10 Å². The number of nitrogens with zero attached hydrogens (tertiary/aromatic N) is 1. The molecule has 120 valence electrons. The SMILES string of the molecule is CN=C(NCC1CCCO1)NCC(O)c1ccc(Cl)s1.I. The Morgan fingerprint density at radius 2 is 2.38 bits per heavy atom. The zero-order chi connectivity index (χ0) is 14.4. The molecule has 0 aromatic carbocycles. The van der Waals surface area contributed by atoms with Crippen molar-refractivity contribution in [3.05, 3.63) is 21.3 Å². The topological polar surface area (TPSA) is 65.9 Å². The van der Waals surface area contributed by atoms with E-state index in [2.05, 4.69) is 15.6 Å². The predicted octanol–water partition coefficient (Wildman–Crippen LogP) is 2.40. The van der Waals surface area contributed by atoms with Gasteiger partial charge in [0.2, 0.25) is 0 Å². The molecule has 0 spiro atoms. The van der Waals surface area contributed by atoms with Crippen molar-refractivity contribution < 1.29 is 9.84 Å². The van der Waals surface area contributed by atoms with Crippen molar-refractivity contribution in [3.63, 3.8) is 0 Å². The van der Waals surface area contributed by atoms with Crippen molar-refractivity contribution in [1.82, 2.24) is 10.6 Å². The highest BCUT2D eigenvalue weighted by molar-refractivity contribution is 14.0. The molecular weight excluding hydrogens is 425 g/mol. The molecule has 0 saturated carbocycles. The molecule has 8 heteroatoms. The average molecular weight is 446 g/mol. The summed E-state index contributed by atoms with van der Waals surface area (Å²) in [5.74, 6) is 0.669. The third-order valence-corrected chi connectivity index (χ3v) is 4.46. The second-order valence-corrected chi connectivity index (χ2v) is 6.37. The normalized spacial score (nSPS) is 20.0. The lowest BCUT2D eigenvalue weighted by Crippen LogP contribution is -2.42.